The number of ether oxygens (including phenoxy) is 2. The first-order valence-electron chi connectivity index (χ1n) is 29.0. The van der Waals surface area contributed by atoms with Crippen LogP contribution >= 0.6 is 0 Å². The smallest absolute Gasteiger partial charge is 0.306 e. The monoisotopic (exact) mass is 991 g/mol. The molecule has 404 valence electrons. The molecule has 0 bridgehead atoms. The number of aliphatic hydroxyl groups is 1. The van der Waals surface area contributed by atoms with Gasteiger partial charge in [0.15, 0.2) is 6.10 Å². The Morgan fingerprint density at radius 3 is 0.833 bits per heavy atom. The Hall–Kier alpha value is -4.48. The topological polar surface area (TPSA) is 72.8 Å². The van der Waals surface area contributed by atoms with Crippen molar-refractivity contribution in [2.45, 2.75) is 238 Å². The molecular weight excluding hydrogens is 885 g/mol. The molecule has 0 spiro atoms. The normalized spacial score (nSPS) is 13.4. The van der Waals surface area contributed by atoms with E-state index in [4.69, 9.17) is 9.47 Å². The average Bonchev–Trinajstić information content (AvgIpc) is 3.38. The zero-order chi connectivity index (χ0) is 52.0. The minimum absolute atomic E-state index is 0.0852. The molecule has 0 heterocycles. The number of carbonyl (C=O) groups is 2. The van der Waals surface area contributed by atoms with Crippen molar-refractivity contribution in [1.82, 2.24) is 0 Å². The van der Waals surface area contributed by atoms with E-state index in [2.05, 4.69) is 172 Å². The molecule has 0 amide bonds. The van der Waals surface area contributed by atoms with Crippen molar-refractivity contribution in [1.29, 1.82) is 0 Å². The summed E-state index contributed by atoms with van der Waals surface area (Å²) in [6, 6.07) is 0. The third-order valence-electron chi connectivity index (χ3n) is 11.8. The number of aliphatic hydroxyl groups excluding tert-OH is 1. The van der Waals surface area contributed by atoms with Gasteiger partial charge in [-0.1, -0.05) is 255 Å². The van der Waals surface area contributed by atoms with Crippen LogP contribution in [0.3, 0.4) is 0 Å². The van der Waals surface area contributed by atoms with Gasteiger partial charge in [0.25, 0.3) is 0 Å². The third kappa shape index (κ3) is 58.1. The van der Waals surface area contributed by atoms with Gasteiger partial charge in [-0.2, -0.15) is 0 Å². The molecule has 0 aromatic rings. The number of hydrogen-bond donors (Lipinski definition) is 1. The molecule has 0 aliphatic carbocycles. The van der Waals surface area contributed by atoms with Crippen LogP contribution in [0.2, 0.25) is 0 Å². The lowest BCUT2D eigenvalue weighted by atomic mass is 10.0. The van der Waals surface area contributed by atoms with Crippen molar-refractivity contribution in [3.63, 3.8) is 0 Å². The minimum Gasteiger partial charge on any atom is -0.462 e. The van der Waals surface area contributed by atoms with Crippen LogP contribution in [0.25, 0.3) is 0 Å². The molecule has 0 saturated heterocycles. The SMILES string of the molecule is CC/C=C\C/C=C\C/C=C\C/C=C\C/C=C\C/C=C\C/C=C\CCCCCCCC(=O)OC(CO)COC(=O)CCCCCCCCCCCCCC/C=C\C/C=C\C/C=C\C/C=C\C/C=C\C/C=C\CC. The predicted octanol–water partition coefficient (Wildman–Crippen LogP) is 20.0. The highest BCUT2D eigenvalue weighted by atomic mass is 16.6. The highest BCUT2D eigenvalue weighted by Crippen LogP contribution is 2.14. The van der Waals surface area contributed by atoms with Crippen LogP contribution in [0.4, 0.5) is 0 Å². The van der Waals surface area contributed by atoms with E-state index in [1.807, 2.05) is 0 Å². The maximum absolute atomic E-state index is 12.3. The van der Waals surface area contributed by atoms with Gasteiger partial charge in [-0.15, -0.1) is 0 Å². The molecule has 1 atom stereocenters. The summed E-state index contributed by atoms with van der Waals surface area (Å²) in [6.45, 7) is 3.89. The first kappa shape index (κ1) is 67.5. The lowest BCUT2D eigenvalue weighted by Gasteiger charge is -2.15. The molecule has 0 aromatic carbocycles. The van der Waals surface area contributed by atoms with E-state index in [9.17, 15) is 14.7 Å². The van der Waals surface area contributed by atoms with Crippen molar-refractivity contribution in [3.05, 3.63) is 158 Å². The number of allylic oxidation sites excluding steroid dienone is 26. The van der Waals surface area contributed by atoms with Crippen molar-refractivity contribution in [2.75, 3.05) is 13.2 Å². The number of rotatable bonds is 51. The Balaban J connectivity index is 3.60. The van der Waals surface area contributed by atoms with E-state index in [0.29, 0.717) is 12.8 Å². The first-order valence-corrected chi connectivity index (χ1v) is 29.0. The van der Waals surface area contributed by atoms with Crippen LogP contribution in [-0.2, 0) is 19.1 Å². The largest absolute Gasteiger partial charge is 0.462 e. The molecule has 0 radical (unpaired) electrons. The fourth-order valence-electron chi connectivity index (χ4n) is 7.54. The highest BCUT2D eigenvalue weighted by molar-refractivity contribution is 5.70. The van der Waals surface area contributed by atoms with Crippen LogP contribution in [0.5, 0.6) is 0 Å². The summed E-state index contributed by atoms with van der Waals surface area (Å²) in [5.74, 6) is -0.625. The standard InChI is InChI=1S/C67H106O5/c1-3-5-7-9-11-13-15-17-19-21-23-25-27-29-31-32-33-34-36-37-39-41-43-45-47-49-51-53-55-57-59-61-66(69)71-64-65(63-68)72-67(70)62-60-58-56-54-52-50-48-46-44-42-40-38-35-30-28-26-24-22-20-18-16-14-12-10-8-6-4-2/h5-8,11-14,17-20,23-26,29-31,33-35,40,42,46,48,65,68H,3-4,9-10,15-16,21-22,27-28,32,36-39,41,43-45,47,49-64H2,1-2H3/b7-5-,8-6-,13-11-,14-12-,19-17-,20-18-,25-23-,26-24-,31-29-,34-33-,35-30-,42-40-,48-46-. The summed E-state index contributed by atoms with van der Waals surface area (Å²) in [7, 11) is 0. The average molecular weight is 992 g/mol. The van der Waals surface area contributed by atoms with Gasteiger partial charge < -0.3 is 14.6 Å². The molecule has 5 heteroatoms. The zero-order valence-electron chi connectivity index (χ0n) is 46.1. The molecule has 0 saturated carbocycles. The van der Waals surface area contributed by atoms with Crippen molar-refractivity contribution in [3.8, 4) is 0 Å². The van der Waals surface area contributed by atoms with E-state index >= 15 is 0 Å². The van der Waals surface area contributed by atoms with Crippen LogP contribution in [0.15, 0.2) is 158 Å². The number of hydrogen-bond acceptors (Lipinski definition) is 5. The maximum Gasteiger partial charge on any atom is 0.306 e. The second kappa shape index (κ2) is 60.8. The van der Waals surface area contributed by atoms with E-state index < -0.39 is 6.10 Å². The Labute approximate surface area is 443 Å². The number of unbranched alkanes of at least 4 members (excludes halogenated alkanes) is 17. The van der Waals surface area contributed by atoms with Crippen molar-refractivity contribution < 1.29 is 24.2 Å². The summed E-state index contributed by atoms with van der Waals surface area (Å²) >= 11 is 0. The van der Waals surface area contributed by atoms with Gasteiger partial charge in [0.2, 0.25) is 0 Å². The molecule has 1 unspecified atom stereocenters. The lowest BCUT2D eigenvalue weighted by Crippen LogP contribution is -2.28. The summed E-state index contributed by atoms with van der Waals surface area (Å²) in [6.07, 6.45) is 93.5. The summed E-state index contributed by atoms with van der Waals surface area (Å²) < 4.78 is 10.7. The Bertz CT molecular complexity index is 1590. The molecule has 0 aliphatic rings. The summed E-state index contributed by atoms with van der Waals surface area (Å²) in [5.41, 5.74) is 0. The van der Waals surface area contributed by atoms with E-state index in [1.165, 1.54) is 64.2 Å². The Kier molecular flexibility index (Phi) is 57.0. The van der Waals surface area contributed by atoms with E-state index in [-0.39, 0.29) is 25.2 Å². The molecule has 72 heavy (non-hydrogen) atoms. The van der Waals surface area contributed by atoms with Gasteiger partial charge >= 0.3 is 11.9 Å². The summed E-state index contributed by atoms with van der Waals surface area (Å²) in [4.78, 5) is 24.6. The quantitative estimate of drug-likeness (QED) is 0.0373. The molecular formula is C67H106O5. The lowest BCUT2D eigenvalue weighted by molar-refractivity contribution is -0.161. The van der Waals surface area contributed by atoms with Crippen LogP contribution in [-0.4, -0.2) is 36.4 Å². The molecule has 0 aliphatic heterocycles. The van der Waals surface area contributed by atoms with Gasteiger partial charge in [0, 0.05) is 12.8 Å². The summed E-state index contributed by atoms with van der Waals surface area (Å²) in [5, 5.41) is 9.66. The third-order valence-corrected chi connectivity index (χ3v) is 11.8. The van der Waals surface area contributed by atoms with Gasteiger partial charge in [0.1, 0.15) is 6.61 Å². The first-order chi connectivity index (χ1) is 35.6. The van der Waals surface area contributed by atoms with Crippen LogP contribution in [0.1, 0.15) is 232 Å². The van der Waals surface area contributed by atoms with Crippen molar-refractivity contribution in [2.24, 2.45) is 0 Å². The highest BCUT2D eigenvalue weighted by Gasteiger charge is 2.16. The van der Waals surface area contributed by atoms with Crippen LogP contribution in [0, 0.1) is 0 Å². The van der Waals surface area contributed by atoms with Gasteiger partial charge in [-0.05, 0) is 122 Å². The molecule has 0 rings (SSSR count). The second-order valence-electron chi connectivity index (χ2n) is 18.6. The van der Waals surface area contributed by atoms with Gasteiger partial charge in [0.05, 0.1) is 6.61 Å². The van der Waals surface area contributed by atoms with E-state index in [1.54, 1.807) is 0 Å². The Morgan fingerprint density at radius 2 is 0.556 bits per heavy atom. The Morgan fingerprint density at radius 1 is 0.319 bits per heavy atom. The zero-order valence-corrected chi connectivity index (χ0v) is 46.1. The molecule has 0 aromatic heterocycles. The van der Waals surface area contributed by atoms with Crippen LogP contribution < -0.4 is 0 Å². The van der Waals surface area contributed by atoms with Gasteiger partial charge in [-0.3, -0.25) is 9.59 Å². The number of esters is 2. The molecule has 1 N–H and O–H groups in total. The predicted molar refractivity (Wildman–Crippen MR) is 315 cm³/mol. The minimum atomic E-state index is -0.797. The number of carbonyl (C=O) groups excluding carboxylic acids is 2. The van der Waals surface area contributed by atoms with Crippen molar-refractivity contribution >= 4 is 11.9 Å². The second-order valence-corrected chi connectivity index (χ2v) is 18.6. The van der Waals surface area contributed by atoms with E-state index in [0.717, 1.165) is 141 Å². The molecule has 5 nitrogen and oxygen atoms in total. The molecule has 0 fully saturated rings. The maximum atomic E-state index is 12.3. The fraction of sp³-hybridized carbons (Fsp3) is 0.582. The van der Waals surface area contributed by atoms with Gasteiger partial charge in [-0.25, -0.2) is 0 Å². The fourth-order valence-corrected chi connectivity index (χ4v) is 7.54.